The first-order chi connectivity index (χ1) is 3.93. The Morgan fingerprint density at radius 2 is 2.00 bits per heavy atom. The molecule has 1 aliphatic rings. The lowest BCUT2D eigenvalue weighted by Crippen LogP contribution is -2.34. The Kier molecular flexibility index (Phi) is 2.24. The molecule has 0 N–H and O–H groups in total. The number of morpholine rings is 1. The molecule has 0 atom stereocenters. The van der Waals surface area contributed by atoms with Gasteiger partial charge in [-0.2, -0.15) is 0 Å². The molecule has 1 heterocycles. The summed E-state index contributed by atoms with van der Waals surface area (Å²) in [6, 6.07) is 0. The van der Waals surface area contributed by atoms with E-state index in [-0.39, 0.29) is 0 Å². The van der Waals surface area contributed by atoms with Crippen molar-refractivity contribution in [2.24, 2.45) is 0 Å². The molecule has 8 heavy (non-hydrogen) atoms. The van der Waals surface area contributed by atoms with Gasteiger partial charge in [-0.3, -0.25) is 0 Å². The highest BCUT2D eigenvalue weighted by Crippen LogP contribution is 1.91. The molecule has 0 aromatic carbocycles. The highest BCUT2D eigenvalue weighted by molar-refractivity contribution is 7.78. The van der Waals surface area contributed by atoms with E-state index in [9.17, 15) is 0 Å². The van der Waals surface area contributed by atoms with E-state index in [0.29, 0.717) is 0 Å². The minimum absolute atomic E-state index is 0.827. The standard InChI is InChI=1S/C5H9NOS/c8-5-6-1-3-7-4-2-6/h5H,1-4H2. The van der Waals surface area contributed by atoms with Gasteiger partial charge in [-0.1, -0.05) is 12.2 Å². The summed E-state index contributed by atoms with van der Waals surface area (Å²) in [5.41, 5.74) is 1.70. The molecule has 0 aromatic heterocycles. The van der Waals surface area contributed by atoms with Crippen molar-refractivity contribution < 1.29 is 4.74 Å². The maximum atomic E-state index is 5.09. The van der Waals surface area contributed by atoms with Crippen LogP contribution in [-0.4, -0.2) is 36.7 Å². The van der Waals surface area contributed by atoms with E-state index in [4.69, 9.17) is 17.0 Å². The smallest absolute Gasteiger partial charge is 0.0642 e. The molecule has 0 aliphatic carbocycles. The van der Waals surface area contributed by atoms with Crippen molar-refractivity contribution in [1.29, 1.82) is 0 Å². The van der Waals surface area contributed by atoms with Crippen LogP contribution in [0.2, 0.25) is 0 Å². The molecular formula is C5H9NOS. The third-order valence-electron chi connectivity index (χ3n) is 1.19. The Bertz CT molecular complexity index is 80.5. The summed E-state index contributed by atoms with van der Waals surface area (Å²) in [5, 5.41) is 0. The van der Waals surface area contributed by atoms with Gasteiger partial charge in [0.25, 0.3) is 0 Å². The largest absolute Gasteiger partial charge is 0.378 e. The van der Waals surface area contributed by atoms with Crippen molar-refractivity contribution in [1.82, 2.24) is 4.90 Å². The second-order valence-electron chi connectivity index (χ2n) is 1.75. The number of hydrogen-bond acceptors (Lipinski definition) is 2. The van der Waals surface area contributed by atoms with Gasteiger partial charge in [0.1, 0.15) is 0 Å². The first kappa shape index (κ1) is 5.98. The van der Waals surface area contributed by atoms with Crippen molar-refractivity contribution in [2.45, 2.75) is 0 Å². The van der Waals surface area contributed by atoms with Gasteiger partial charge in [0, 0.05) is 13.1 Å². The van der Waals surface area contributed by atoms with Crippen molar-refractivity contribution in [3.63, 3.8) is 0 Å². The Balaban J connectivity index is 2.22. The Morgan fingerprint density at radius 3 is 2.38 bits per heavy atom. The van der Waals surface area contributed by atoms with E-state index in [1.807, 2.05) is 0 Å². The Labute approximate surface area is 54.4 Å². The van der Waals surface area contributed by atoms with E-state index in [2.05, 4.69) is 4.90 Å². The lowest BCUT2D eigenvalue weighted by atomic mass is 10.5. The fourth-order valence-corrected chi connectivity index (χ4v) is 0.894. The molecule has 1 saturated heterocycles. The van der Waals surface area contributed by atoms with Crippen LogP contribution in [0.5, 0.6) is 0 Å². The van der Waals surface area contributed by atoms with Crippen LogP contribution in [-0.2, 0) is 4.74 Å². The van der Waals surface area contributed by atoms with Gasteiger partial charge in [0.15, 0.2) is 0 Å². The summed E-state index contributed by atoms with van der Waals surface area (Å²) in [7, 11) is 0. The van der Waals surface area contributed by atoms with E-state index in [1.54, 1.807) is 5.49 Å². The Morgan fingerprint density at radius 1 is 1.38 bits per heavy atom. The van der Waals surface area contributed by atoms with Crippen molar-refractivity contribution in [3.8, 4) is 0 Å². The third kappa shape index (κ3) is 1.42. The molecule has 0 amide bonds. The number of rotatable bonds is 1. The van der Waals surface area contributed by atoms with Crippen LogP contribution in [0.3, 0.4) is 0 Å². The zero-order chi connectivity index (χ0) is 5.82. The highest BCUT2D eigenvalue weighted by atomic mass is 32.1. The molecule has 3 heteroatoms. The van der Waals surface area contributed by atoms with Gasteiger partial charge < -0.3 is 9.64 Å². The van der Waals surface area contributed by atoms with Crippen LogP contribution in [0.15, 0.2) is 0 Å². The van der Waals surface area contributed by atoms with Crippen LogP contribution in [0.4, 0.5) is 0 Å². The SMILES string of the molecule is S=CN1CCOCC1. The van der Waals surface area contributed by atoms with Crippen LogP contribution < -0.4 is 0 Å². The predicted octanol–water partition coefficient (Wildman–Crippen LogP) is 0.276. The molecule has 2 nitrogen and oxygen atoms in total. The van der Waals surface area contributed by atoms with Crippen LogP contribution in [0.1, 0.15) is 0 Å². The summed E-state index contributed by atoms with van der Waals surface area (Å²) in [6.07, 6.45) is 0. The van der Waals surface area contributed by atoms with Crippen molar-refractivity contribution in [3.05, 3.63) is 0 Å². The molecule has 1 fully saturated rings. The molecule has 1 aliphatic heterocycles. The lowest BCUT2D eigenvalue weighted by Gasteiger charge is -2.23. The zero-order valence-corrected chi connectivity index (χ0v) is 5.49. The summed E-state index contributed by atoms with van der Waals surface area (Å²) >= 11 is 4.72. The zero-order valence-electron chi connectivity index (χ0n) is 4.67. The molecule has 0 bridgehead atoms. The van der Waals surface area contributed by atoms with Crippen molar-refractivity contribution in [2.75, 3.05) is 26.3 Å². The topological polar surface area (TPSA) is 12.5 Å². The summed E-state index contributed by atoms with van der Waals surface area (Å²) < 4.78 is 5.09. The average Bonchev–Trinajstić information content (AvgIpc) is 1.90. The first-order valence-electron chi connectivity index (χ1n) is 2.70. The van der Waals surface area contributed by atoms with Crippen LogP contribution >= 0.6 is 12.2 Å². The van der Waals surface area contributed by atoms with Gasteiger partial charge in [0.05, 0.1) is 18.7 Å². The lowest BCUT2D eigenvalue weighted by molar-refractivity contribution is 0.0709. The summed E-state index contributed by atoms with van der Waals surface area (Å²) in [6.45, 7) is 3.58. The minimum Gasteiger partial charge on any atom is -0.378 e. The van der Waals surface area contributed by atoms with Gasteiger partial charge in [-0.25, -0.2) is 0 Å². The minimum atomic E-state index is 0.827. The van der Waals surface area contributed by atoms with E-state index in [1.165, 1.54) is 0 Å². The monoisotopic (exact) mass is 131 g/mol. The maximum Gasteiger partial charge on any atom is 0.0642 e. The average molecular weight is 131 g/mol. The fraction of sp³-hybridized carbons (Fsp3) is 0.800. The molecule has 0 unspecified atom stereocenters. The van der Waals surface area contributed by atoms with Crippen LogP contribution in [0.25, 0.3) is 0 Å². The fourth-order valence-electron chi connectivity index (χ4n) is 0.683. The third-order valence-corrected chi connectivity index (χ3v) is 1.49. The van der Waals surface area contributed by atoms with Crippen LogP contribution in [0, 0.1) is 0 Å². The number of hydrogen-bond donors (Lipinski definition) is 0. The summed E-state index contributed by atoms with van der Waals surface area (Å²) in [5.74, 6) is 0. The van der Waals surface area contributed by atoms with Gasteiger partial charge in [-0.05, 0) is 0 Å². The normalized spacial score (nSPS) is 20.8. The number of ether oxygens (including phenoxy) is 1. The Hall–Kier alpha value is -0.150. The van der Waals surface area contributed by atoms with Gasteiger partial charge in [-0.15, -0.1) is 0 Å². The van der Waals surface area contributed by atoms with Gasteiger partial charge in [0.2, 0.25) is 0 Å². The number of nitrogens with zero attached hydrogens (tertiary/aromatic N) is 1. The predicted molar refractivity (Wildman–Crippen MR) is 36.0 cm³/mol. The molecule has 46 valence electrons. The quantitative estimate of drug-likeness (QED) is 0.474. The number of thiocarbonyl (C=S) groups is 1. The van der Waals surface area contributed by atoms with Crippen molar-refractivity contribution >= 4 is 17.7 Å². The molecule has 0 radical (unpaired) electrons. The van der Waals surface area contributed by atoms with E-state index in [0.717, 1.165) is 26.3 Å². The molecular weight excluding hydrogens is 122 g/mol. The molecule has 1 rings (SSSR count). The second-order valence-corrected chi connectivity index (χ2v) is 1.96. The van der Waals surface area contributed by atoms with E-state index >= 15 is 0 Å². The summed E-state index contributed by atoms with van der Waals surface area (Å²) in [4.78, 5) is 2.08. The maximum absolute atomic E-state index is 5.09. The van der Waals surface area contributed by atoms with Gasteiger partial charge >= 0.3 is 0 Å². The first-order valence-corrected chi connectivity index (χ1v) is 3.18. The molecule has 0 aromatic rings. The molecule has 0 spiro atoms. The molecule has 0 saturated carbocycles. The highest BCUT2D eigenvalue weighted by Gasteiger charge is 2.03. The van der Waals surface area contributed by atoms with E-state index < -0.39 is 0 Å². The second kappa shape index (κ2) is 2.99.